The molecule has 0 bridgehead atoms. The summed E-state index contributed by atoms with van der Waals surface area (Å²) in [6.45, 7) is 6.85. The standard InChI is InChI=1S/C13H19NO3S/c1-5-12(15)11(4)14-18(16,17)13-8-9(2)6-7-10(13)3/h6-8,11,14H,5H2,1-4H3. The van der Waals surface area contributed by atoms with E-state index < -0.39 is 16.1 Å². The van der Waals surface area contributed by atoms with Gasteiger partial charge in [-0.15, -0.1) is 0 Å². The number of benzene rings is 1. The van der Waals surface area contributed by atoms with Crippen molar-refractivity contribution in [3.8, 4) is 0 Å². The summed E-state index contributed by atoms with van der Waals surface area (Å²) in [6.07, 6.45) is 0.316. The topological polar surface area (TPSA) is 63.2 Å². The molecule has 1 N–H and O–H groups in total. The molecule has 100 valence electrons. The third-order valence-corrected chi connectivity index (χ3v) is 4.48. The first-order valence-corrected chi connectivity index (χ1v) is 7.38. The van der Waals surface area contributed by atoms with Gasteiger partial charge >= 0.3 is 0 Å². The minimum absolute atomic E-state index is 0.121. The maximum atomic E-state index is 12.2. The Labute approximate surface area is 108 Å². The van der Waals surface area contributed by atoms with E-state index in [1.807, 2.05) is 13.0 Å². The van der Waals surface area contributed by atoms with Crippen LogP contribution in [0.2, 0.25) is 0 Å². The molecule has 0 fully saturated rings. The first kappa shape index (κ1) is 14.9. The van der Waals surface area contributed by atoms with Crippen LogP contribution in [0.15, 0.2) is 23.1 Å². The Morgan fingerprint density at radius 3 is 2.50 bits per heavy atom. The van der Waals surface area contributed by atoms with Crippen molar-refractivity contribution in [1.82, 2.24) is 4.72 Å². The van der Waals surface area contributed by atoms with Gasteiger partial charge in [0.2, 0.25) is 10.0 Å². The van der Waals surface area contributed by atoms with Crippen LogP contribution in [0.5, 0.6) is 0 Å². The summed E-state index contributed by atoms with van der Waals surface area (Å²) in [4.78, 5) is 11.7. The smallest absolute Gasteiger partial charge is 0.241 e. The molecule has 0 amide bonds. The molecule has 0 saturated heterocycles. The third-order valence-electron chi connectivity index (χ3n) is 2.80. The van der Waals surface area contributed by atoms with Crippen LogP contribution in [0, 0.1) is 13.8 Å². The molecule has 0 aliphatic rings. The maximum Gasteiger partial charge on any atom is 0.241 e. The molecule has 1 atom stereocenters. The first-order valence-electron chi connectivity index (χ1n) is 5.90. The van der Waals surface area contributed by atoms with Gasteiger partial charge in [-0.25, -0.2) is 13.1 Å². The van der Waals surface area contributed by atoms with Gasteiger partial charge in [-0.2, -0.15) is 0 Å². The van der Waals surface area contributed by atoms with E-state index in [0.717, 1.165) is 5.56 Å². The molecule has 1 unspecified atom stereocenters. The molecule has 0 radical (unpaired) electrons. The van der Waals surface area contributed by atoms with Gasteiger partial charge < -0.3 is 0 Å². The lowest BCUT2D eigenvalue weighted by molar-refractivity contribution is -0.119. The summed E-state index contributed by atoms with van der Waals surface area (Å²) in [5, 5.41) is 0. The Hall–Kier alpha value is -1.20. The molecule has 0 heterocycles. The normalized spacial score (nSPS) is 13.3. The average Bonchev–Trinajstić information content (AvgIpc) is 2.30. The van der Waals surface area contributed by atoms with Crippen molar-refractivity contribution in [1.29, 1.82) is 0 Å². The first-order chi connectivity index (χ1) is 8.27. The number of sulfonamides is 1. The lowest BCUT2D eigenvalue weighted by Gasteiger charge is -2.14. The van der Waals surface area contributed by atoms with E-state index in [0.29, 0.717) is 12.0 Å². The van der Waals surface area contributed by atoms with Crippen molar-refractivity contribution in [2.75, 3.05) is 0 Å². The van der Waals surface area contributed by atoms with Crippen molar-refractivity contribution < 1.29 is 13.2 Å². The highest BCUT2D eigenvalue weighted by atomic mass is 32.2. The number of rotatable bonds is 5. The fraction of sp³-hybridized carbons (Fsp3) is 0.462. The van der Waals surface area contributed by atoms with Crippen LogP contribution in [-0.4, -0.2) is 20.2 Å². The molecule has 1 aromatic rings. The Morgan fingerprint density at radius 2 is 1.94 bits per heavy atom. The Morgan fingerprint density at radius 1 is 1.33 bits per heavy atom. The molecule has 0 aromatic heterocycles. The van der Waals surface area contributed by atoms with E-state index >= 15 is 0 Å². The van der Waals surface area contributed by atoms with Crippen LogP contribution in [-0.2, 0) is 14.8 Å². The fourth-order valence-electron chi connectivity index (χ4n) is 1.66. The highest BCUT2D eigenvalue weighted by molar-refractivity contribution is 7.89. The number of aryl methyl sites for hydroxylation is 2. The average molecular weight is 269 g/mol. The summed E-state index contributed by atoms with van der Waals surface area (Å²) in [7, 11) is -3.64. The molecular formula is C13H19NO3S. The molecule has 4 nitrogen and oxygen atoms in total. The number of hydrogen-bond acceptors (Lipinski definition) is 3. The van der Waals surface area contributed by atoms with E-state index in [2.05, 4.69) is 4.72 Å². The summed E-state index contributed by atoms with van der Waals surface area (Å²) < 4.78 is 26.8. The fourth-order valence-corrected chi connectivity index (χ4v) is 3.22. The molecule has 18 heavy (non-hydrogen) atoms. The van der Waals surface area contributed by atoms with Crippen molar-refractivity contribution in [3.63, 3.8) is 0 Å². The lowest BCUT2D eigenvalue weighted by Crippen LogP contribution is -2.38. The van der Waals surface area contributed by atoms with Gasteiger partial charge in [-0.3, -0.25) is 4.79 Å². The van der Waals surface area contributed by atoms with Crippen molar-refractivity contribution in [2.24, 2.45) is 0 Å². The van der Waals surface area contributed by atoms with Gasteiger partial charge in [-0.1, -0.05) is 19.1 Å². The van der Waals surface area contributed by atoms with Gasteiger partial charge in [0.25, 0.3) is 0 Å². The lowest BCUT2D eigenvalue weighted by atomic mass is 10.2. The second kappa shape index (κ2) is 5.63. The number of hydrogen-bond donors (Lipinski definition) is 1. The van der Waals surface area contributed by atoms with Crippen molar-refractivity contribution in [3.05, 3.63) is 29.3 Å². The molecule has 1 rings (SSSR count). The van der Waals surface area contributed by atoms with Gasteiger partial charge in [0.05, 0.1) is 10.9 Å². The highest BCUT2D eigenvalue weighted by Crippen LogP contribution is 2.17. The predicted molar refractivity (Wildman–Crippen MR) is 71.0 cm³/mol. The van der Waals surface area contributed by atoms with E-state index in [4.69, 9.17) is 0 Å². The summed E-state index contributed by atoms with van der Waals surface area (Å²) in [6, 6.07) is 4.53. The van der Waals surface area contributed by atoms with Crippen LogP contribution in [0.3, 0.4) is 0 Å². The summed E-state index contributed by atoms with van der Waals surface area (Å²) in [5.41, 5.74) is 1.54. The molecular weight excluding hydrogens is 250 g/mol. The zero-order valence-corrected chi connectivity index (χ0v) is 12.0. The number of Topliss-reactive ketones (excluding diaryl/α,β-unsaturated/α-hetero) is 1. The van der Waals surface area contributed by atoms with E-state index in [1.165, 1.54) is 0 Å². The van der Waals surface area contributed by atoms with Gasteiger partial charge in [0.1, 0.15) is 5.78 Å². The predicted octanol–water partition coefficient (Wildman–Crippen LogP) is 1.95. The second-order valence-electron chi connectivity index (χ2n) is 4.43. The van der Waals surface area contributed by atoms with E-state index in [1.54, 1.807) is 32.9 Å². The largest absolute Gasteiger partial charge is 0.298 e. The van der Waals surface area contributed by atoms with Gasteiger partial charge in [-0.05, 0) is 38.0 Å². The quantitative estimate of drug-likeness (QED) is 0.888. The zero-order valence-electron chi connectivity index (χ0n) is 11.1. The number of carbonyl (C=O) groups is 1. The second-order valence-corrected chi connectivity index (χ2v) is 6.11. The molecule has 5 heteroatoms. The van der Waals surface area contributed by atoms with E-state index in [-0.39, 0.29) is 10.7 Å². The molecule has 0 saturated carbocycles. The van der Waals surface area contributed by atoms with Crippen molar-refractivity contribution in [2.45, 2.75) is 45.1 Å². The Kier molecular flexibility index (Phi) is 4.65. The minimum Gasteiger partial charge on any atom is -0.298 e. The van der Waals surface area contributed by atoms with Crippen molar-refractivity contribution >= 4 is 15.8 Å². The highest BCUT2D eigenvalue weighted by Gasteiger charge is 2.22. The molecule has 0 spiro atoms. The minimum atomic E-state index is -3.64. The molecule has 0 aliphatic heterocycles. The van der Waals surface area contributed by atoms with Crippen LogP contribution in [0.1, 0.15) is 31.4 Å². The van der Waals surface area contributed by atoms with Crippen LogP contribution >= 0.6 is 0 Å². The van der Waals surface area contributed by atoms with Crippen LogP contribution in [0.4, 0.5) is 0 Å². The summed E-state index contributed by atoms with van der Waals surface area (Å²) in [5.74, 6) is -0.121. The SMILES string of the molecule is CCC(=O)C(C)NS(=O)(=O)c1cc(C)ccc1C. The van der Waals surface area contributed by atoms with Crippen LogP contribution in [0.25, 0.3) is 0 Å². The van der Waals surface area contributed by atoms with Crippen LogP contribution < -0.4 is 4.72 Å². The van der Waals surface area contributed by atoms with E-state index in [9.17, 15) is 13.2 Å². The number of ketones is 1. The van der Waals surface area contributed by atoms with Gasteiger partial charge in [0, 0.05) is 6.42 Å². The molecule has 1 aromatic carbocycles. The van der Waals surface area contributed by atoms with Gasteiger partial charge in [0.15, 0.2) is 0 Å². The zero-order chi connectivity index (χ0) is 13.9. The molecule has 0 aliphatic carbocycles. The Bertz CT molecular complexity index is 549. The monoisotopic (exact) mass is 269 g/mol. The summed E-state index contributed by atoms with van der Waals surface area (Å²) >= 11 is 0. The number of nitrogens with one attached hydrogen (secondary N) is 1. The Balaban J connectivity index is 3.07. The number of carbonyl (C=O) groups excluding carboxylic acids is 1. The maximum absolute atomic E-state index is 12.2. The third kappa shape index (κ3) is 3.40.